The summed E-state index contributed by atoms with van der Waals surface area (Å²) < 4.78 is 0. The largest absolute Gasteiger partial charge is 0.355 e. The first-order valence-corrected chi connectivity index (χ1v) is 7.86. The highest BCUT2D eigenvalue weighted by Gasteiger charge is 2.25. The lowest BCUT2D eigenvalue weighted by Gasteiger charge is -2.26. The quantitative estimate of drug-likeness (QED) is 0.910. The second kappa shape index (κ2) is 6.75. The molecule has 1 unspecified atom stereocenters. The van der Waals surface area contributed by atoms with E-state index in [2.05, 4.69) is 47.9 Å². The zero-order valence-corrected chi connectivity index (χ0v) is 12.9. The SMILES string of the molecule is Cc1ccc2c(c1)C(C(=O)NCCc1ccccc1)CNC2. The molecule has 114 valence electrons. The topological polar surface area (TPSA) is 41.1 Å². The monoisotopic (exact) mass is 294 g/mol. The fourth-order valence-electron chi connectivity index (χ4n) is 2.99. The van der Waals surface area contributed by atoms with E-state index in [4.69, 9.17) is 0 Å². The maximum Gasteiger partial charge on any atom is 0.228 e. The van der Waals surface area contributed by atoms with Gasteiger partial charge in [0.2, 0.25) is 5.91 Å². The molecule has 3 nitrogen and oxygen atoms in total. The molecule has 3 rings (SSSR count). The number of benzene rings is 2. The van der Waals surface area contributed by atoms with Crippen LogP contribution in [0.25, 0.3) is 0 Å². The van der Waals surface area contributed by atoms with Gasteiger partial charge in [0.1, 0.15) is 0 Å². The van der Waals surface area contributed by atoms with E-state index in [1.807, 2.05) is 18.2 Å². The van der Waals surface area contributed by atoms with Gasteiger partial charge in [-0.1, -0.05) is 54.1 Å². The Bertz CT molecular complexity index is 652. The number of rotatable bonds is 4. The summed E-state index contributed by atoms with van der Waals surface area (Å²) in [4.78, 5) is 12.5. The molecule has 3 heteroatoms. The summed E-state index contributed by atoms with van der Waals surface area (Å²) in [6.45, 7) is 4.32. The highest BCUT2D eigenvalue weighted by molar-refractivity contribution is 5.84. The van der Waals surface area contributed by atoms with Crippen LogP contribution in [0.2, 0.25) is 0 Å². The number of nitrogens with one attached hydrogen (secondary N) is 2. The third-order valence-corrected chi connectivity index (χ3v) is 4.21. The van der Waals surface area contributed by atoms with Crippen molar-refractivity contribution >= 4 is 5.91 Å². The minimum Gasteiger partial charge on any atom is -0.355 e. The summed E-state index contributed by atoms with van der Waals surface area (Å²) in [5.41, 5.74) is 4.87. The summed E-state index contributed by atoms with van der Waals surface area (Å²) in [6.07, 6.45) is 0.868. The first-order chi connectivity index (χ1) is 10.7. The normalized spacial score (nSPS) is 16.9. The van der Waals surface area contributed by atoms with Crippen LogP contribution in [0.5, 0.6) is 0 Å². The van der Waals surface area contributed by atoms with Crippen molar-refractivity contribution in [2.75, 3.05) is 13.1 Å². The van der Waals surface area contributed by atoms with Crippen LogP contribution in [0.4, 0.5) is 0 Å². The second-order valence-corrected chi connectivity index (χ2v) is 5.91. The smallest absolute Gasteiger partial charge is 0.228 e. The molecule has 0 saturated carbocycles. The van der Waals surface area contributed by atoms with E-state index in [0.29, 0.717) is 13.1 Å². The molecule has 0 aliphatic carbocycles. The van der Waals surface area contributed by atoms with Gasteiger partial charge in [-0.25, -0.2) is 0 Å². The molecule has 1 atom stereocenters. The molecule has 0 bridgehead atoms. The molecule has 0 aromatic heterocycles. The number of carbonyl (C=O) groups excluding carboxylic acids is 1. The predicted octanol–water partition coefficient (Wildman–Crippen LogP) is 2.54. The van der Waals surface area contributed by atoms with Gasteiger partial charge in [-0.05, 0) is 30.0 Å². The Morgan fingerprint density at radius 3 is 2.86 bits per heavy atom. The van der Waals surface area contributed by atoms with E-state index in [1.165, 1.54) is 22.3 Å². The van der Waals surface area contributed by atoms with Gasteiger partial charge in [0.05, 0.1) is 5.92 Å². The van der Waals surface area contributed by atoms with Crippen LogP contribution in [0, 0.1) is 6.92 Å². The average Bonchev–Trinajstić information content (AvgIpc) is 2.55. The van der Waals surface area contributed by atoms with Crippen molar-refractivity contribution in [1.82, 2.24) is 10.6 Å². The molecule has 0 fully saturated rings. The minimum absolute atomic E-state index is 0.0839. The molecule has 2 aromatic rings. The number of aryl methyl sites for hydroxylation is 1. The summed E-state index contributed by atoms with van der Waals surface area (Å²) >= 11 is 0. The van der Waals surface area contributed by atoms with Crippen LogP contribution in [-0.2, 0) is 17.8 Å². The molecule has 0 radical (unpaired) electrons. The van der Waals surface area contributed by atoms with Crippen LogP contribution in [-0.4, -0.2) is 19.0 Å². The van der Waals surface area contributed by atoms with Gasteiger partial charge in [0, 0.05) is 19.6 Å². The summed E-state index contributed by atoms with van der Waals surface area (Å²) in [5.74, 6) is 0.0365. The Morgan fingerprint density at radius 1 is 1.23 bits per heavy atom. The molecular formula is C19H22N2O. The van der Waals surface area contributed by atoms with Crippen molar-refractivity contribution in [3.05, 3.63) is 70.8 Å². The number of hydrogen-bond acceptors (Lipinski definition) is 2. The molecule has 0 saturated heterocycles. The fraction of sp³-hybridized carbons (Fsp3) is 0.316. The van der Waals surface area contributed by atoms with Crippen molar-refractivity contribution in [2.24, 2.45) is 0 Å². The molecule has 22 heavy (non-hydrogen) atoms. The molecule has 1 aliphatic heterocycles. The second-order valence-electron chi connectivity index (χ2n) is 5.91. The van der Waals surface area contributed by atoms with Gasteiger partial charge < -0.3 is 10.6 Å². The Morgan fingerprint density at radius 2 is 2.05 bits per heavy atom. The predicted molar refractivity (Wildman–Crippen MR) is 88.8 cm³/mol. The van der Waals surface area contributed by atoms with Crippen molar-refractivity contribution < 1.29 is 4.79 Å². The molecule has 1 heterocycles. The number of amides is 1. The van der Waals surface area contributed by atoms with Crippen molar-refractivity contribution in [2.45, 2.75) is 25.8 Å². The van der Waals surface area contributed by atoms with Gasteiger partial charge in [-0.2, -0.15) is 0 Å². The lowest BCUT2D eigenvalue weighted by molar-refractivity contribution is -0.122. The molecule has 2 N–H and O–H groups in total. The zero-order valence-electron chi connectivity index (χ0n) is 12.9. The number of hydrogen-bond donors (Lipinski definition) is 2. The Labute approximate surface area is 131 Å². The Kier molecular flexibility index (Phi) is 4.54. The van der Waals surface area contributed by atoms with E-state index >= 15 is 0 Å². The minimum atomic E-state index is -0.0839. The molecule has 1 aliphatic rings. The summed E-state index contributed by atoms with van der Waals surface area (Å²) in [7, 11) is 0. The molecule has 1 amide bonds. The van der Waals surface area contributed by atoms with Gasteiger partial charge in [-0.15, -0.1) is 0 Å². The van der Waals surface area contributed by atoms with Gasteiger partial charge in [0.15, 0.2) is 0 Å². The third-order valence-electron chi connectivity index (χ3n) is 4.21. The van der Waals surface area contributed by atoms with E-state index in [1.54, 1.807) is 0 Å². The summed E-state index contributed by atoms with van der Waals surface area (Å²) in [6, 6.07) is 16.6. The van der Waals surface area contributed by atoms with Crippen molar-refractivity contribution in [3.8, 4) is 0 Å². The van der Waals surface area contributed by atoms with E-state index in [-0.39, 0.29) is 11.8 Å². The highest BCUT2D eigenvalue weighted by atomic mass is 16.1. The average molecular weight is 294 g/mol. The number of carbonyl (C=O) groups is 1. The van der Waals surface area contributed by atoms with Crippen LogP contribution >= 0.6 is 0 Å². The maximum absolute atomic E-state index is 12.5. The van der Waals surface area contributed by atoms with Gasteiger partial charge >= 0.3 is 0 Å². The number of fused-ring (bicyclic) bond motifs is 1. The Balaban J connectivity index is 1.63. The van der Waals surface area contributed by atoms with Crippen molar-refractivity contribution in [1.29, 1.82) is 0 Å². The van der Waals surface area contributed by atoms with Gasteiger partial charge in [-0.3, -0.25) is 4.79 Å². The molecule has 2 aromatic carbocycles. The van der Waals surface area contributed by atoms with E-state index in [0.717, 1.165) is 13.0 Å². The Hall–Kier alpha value is -2.13. The first-order valence-electron chi connectivity index (χ1n) is 7.86. The third kappa shape index (κ3) is 3.37. The van der Waals surface area contributed by atoms with Crippen molar-refractivity contribution in [3.63, 3.8) is 0 Å². The van der Waals surface area contributed by atoms with Crippen LogP contribution in [0.1, 0.15) is 28.2 Å². The molecule has 0 spiro atoms. The fourth-order valence-corrected chi connectivity index (χ4v) is 2.99. The van der Waals surface area contributed by atoms with Crippen LogP contribution < -0.4 is 10.6 Å². The molecular weight excluding hydrogens is 272 g/mol. The first kappa shape index (κ1) is 14.8. The van der Waals surface area contributed by atoms with Crippen LogP contribution in [0.15, 0.2) is 48.5 Å². The van der Waals surface area contributed by atoms with E-state index < -0.39 is 0 Å². The maximum atomic E-state index is 12.5. The lowest BCUT2D eigenvalue weighted by Crippen LogP contribution is -2.39. The van der Waals surface area contributed by atoms with E-state index in [9.17, 15) is 4.79 Å². The summed E-state index contributed by atoms with van der Waals surface area (Å²) in [5, 5.41) is 6.42. The van der Waals surface area contributed by atoms with Gasteiger partial charge in [0.25, 0.3) is 0 Å². The lowest BCUT2D eigenvalue weighted by atomic mass is 9.89. The standard InChI is InChI=1S/C19H22N2O/c1-14-7-8-16-12-20-13-18(17(16)11-14)19(22)21-10-9-15-5-3-2-4-6-15/h2-8,11,18,20H,9-10,12-13H2,1H3,(H,21,22). The zero-order chi connectivity index (χ0) is 15.4. The highest BCUT2D eigenvalue weighted by Crippen LogP contribution is 2.25. The van der Waals surface area contributed by atoms with Crippen LogP contribution in [0.3, 0.4) is 0 Å².